The van der Waals surface area contributed by atoms with Gasteiger partial charge in [0.1, 0.15) is 5.75 Å². The van der Waals surface area contributed by atoms with Gasteiger partial charge in [0.15, 0.2) is 0 Å². The molecular weight excluding hydrogens is 210 g/mol. The number of benzene rings is 1. The van der Waals surface area contributed by atoms with Crippen molar-refractivity contribution in [2.45, 2.75) is 13.0 Å². The summed E-state index contributed by atoms with van der Waals surface area (Å²) in [6, 6.07) is 3.93. The SMILES string of the molecule is Cc1ccc(O)c(C(=O)NC(CO)CO)c1. The van der Waals surface area contributed by atoms with Crippen LogP contribution >= 0.6 is 0 Å². The van der Waals surface area contributed by atoms with E-state index >= 15 is 0 Å². The molecule has 1 amide bonds. The van der Waals surface area contributed by atoms with E-state index in [9.17, 15) is 9.90 Å². The maximum Gasteiger partial charge on any atom is 0.255 e. The van der Waals surface area contributed by atoms with E-state index in [-0.39, 0.29) is 24.5 Å². The van der Waals surface area contributed by atoms with E-state index in [1.165, 1.54) is 12.1 Å². The van der Waals surface area contributed by atoms with Crippen LogP contribution in [0.1, 0.15) is 15.9 Å². The number of aliphatic hydroxyl groups excluding tert-OH is 2. The van der Waals surface area contributed by atoms with E-state index in [1.807, 2.05) is 0 Å². The largest absolute Gasteiger partial charge is 0.507 e. The molecule has 0 aliphatic heterocycles. The fourth-order valence-electron chi connectivity index (χ4n) is 1.24. The molecule has 88 valence electrons. The number of amides is 1. The number of hydrogen-bond donors (Lipinski definition) is 4. The van der Waals surface area contributed by atoms with Crippen LogP contribution in [0, 0.1) is 6.92 Å². The highest BCUT2D eigenvalue weighted by molar-refractivity contribution is 5.97. The van der Waals surface area contributed by atoms with Crippen LogP contribution in [-0.4, -0.2) is 40.5 Å². The lowest BCUT2D eigenvalue weighted by Gasteiger charge is -2.14. The second-order valence-electron chi connectivity index (χ2n) is 3.56. The maximum absolute atomic E-state index is 11.7. The molecule has 1 rings (SSSR count). The molecule has 0 atom stereocenters. The summed E-state index contributed by atoms with van der Waals surface area (Å²) in [5, 5.41) is 29.5. The standard InChI is InChI=1S/C11H15NO4/c1-7-2-3-10(15)9(4-7)11(16)12-8(5-13)6-14/h2-4,8,13-15H,5-6H2,1H3,(H,12,16). The van der Waals surface area contributed by atoms with Gasteiger partial charge < -0.3 is 20.6 Å². The topological polar surface area (TPSA) is 89.8 Å². The van der Waals surface area contributed by atoms with Crippen LogP contribution in [-0.2, 0) is 0 Å². The highest BCUT2D eigenvalue weighted by atomic mass is 16.3. The van der Waals surface area contributed by atoms with Gasteiger partial charge in [0.05, 0.1) is 24.8 Å². The summed E-state index contributed by atoms with van der Waals surface area (Å²) in [5.41, 5.74) is 0.972. The van der Waals surface area contributed by atoms with Gasteiger partial charge in [-0.15, -0.1) is 0 Å². The molecule has 0 saturated carbocycles. The average molecular weight is 225 g/mol. The average Bonchev–Trinajstić information content (AvgIpc) is 2.28. The number of aryl methyl sites for hydroxylation is 1. The Bertz CT molecular complexity index is 374. The summed E-state index contributed by atoms with van der Waals surface area (Å²) in [5.74, 6) is -0.646. The molecule has 0 bridgehead atoms. The molecule has 5 heteroatoms. The number of carbonyl (C=O) groups is 1. The van der Waals surface area contributed by atoms with Crippen LogP contribution in [0.4, 0.5) is 0 Å². The van der Waals surface area contributed by atoms with Crippen LogP contribution in [0.5, 0.6) is 5.75 Å². The molecule has 4 N–H and O–H groups in total. The third kappa shape index (κ3) is 2.95. The number of aromatic hydroxyl groups is 1. The molecule has 1 aromatic rings. The number of rotatable bonds is 4. The first-order valence-electron chi connectivity index (χ1n) is 4.90. The van der Waals surface area contributed by atoms with Gasteiger partial charge in [0, 0.05) is 0 Å². The zero-order chi connectivity index (χ0) is 12.1. The minimum absolute atomic E-state index is 0.127. The Morgan fingerprint density at radius 1 is 1.38 bits per heavy atom. The smallest absolute Gasteiger partial charge is 0.255 e. The van der Waals surface area contributed by atoms with Crippen molar-refractivity contribution in [3.63, 3.8) is 0 Å². The summed E-state index contributed by atoms with van der Waals surface area (Å²) < 4.78 is 0. The third-order valence-corrected chi connectivity index (χ3v) is 2.17. The number of carbonyl (C=O) groups excluding carboxylic acids is 1. The summed E-state index contributed by atoms with van der Waals surface area (Å²) in [6.07, 6.45) is 0. The second-order valence-corrected chi connectivity index (χ2v) is 3.56. The number of hydrogen-bond acceptors (Lipinski definition) is 4. The fraction of sp³-hybridized carbons (Fsp3) is 0.364. The molecule has 0 heterocycles. The molecule has 0 aliphatic carbocycles. The quantitative estimate of drug-likeness (QED) is 0.570. The highest BCUT2D eigenvalue weighted by Gasteiger charge is 2.15. The molecule has 1 aromatic carbocycles. The predicted molar refractivity (Wildman–Crippen MR) is 58.3 cm³/mol. The van der Waals surface area contributed by atoms with Gasteiger partial charge in [-0.2, -0.15) is 0 Å². The zero-order valence-corrected chi connectivity index (χ0v) is 8.97. The van der Waals surface area contributed by atoms with Crippen molar-refractivity contribution >= 4 is 5.91 Å². The molecule has 5 nitrogen and oxygen atoms in total. The van der Waals surface area contributed by atoms with Crippen LogP contribution in [0.3, 0.4) is 0 Å². The summed E-state index contributed by atoms with van der Waals surface area (Å²) in [7, 11) is 0. The summed E-state index contributed by atoms with van der Waals surface area (Å²) in [6.45, 7) is 1.09. The molecule has 0 aliphatic rings. The van der Waals surface area contributed by atoms with Crippen molar-refractivity contribution < 1.29 is 20.1 Å². The van der Waals surface area contributed by atoms with Crippen molar-refractivity contribution in [3.05, 3.63) is 29.3 Å². The van der Waals surface area contributed by atoms with Gasteiger partial charge in [-0.1, -0.05) is 11.6 Å². The molecule has 0 spiro atoms. The van der Waals surface area contributed by atoms with E-state index in [0.29, 0.717) is 0 Å². The van der Waals surface area contributed by atoms with E-state index < -0.39 is 11.9 Å². The first kappa shape index (κ1) is 12.5. The monoisotopic (exact) mass is 225 g/mol. The molecule has 0 aromatic heterocycles. The lowest BCUT2D eigenvalue weighted by atomic mass is 10.1. The Hall–Kier alpha value is -1.59. The number of phenols is 1. The van der Waals surface area contributed by atoms with Crippen LogP contribution in [0.25, 0.3) is 0 Å². The molecule has 16 heavy (non-hydrogen) atoms. The van der Waals surface area contributed by atoms with Gasteiger partial charge >= 0.3 is 0 Å². The van der Waals surface area contributed by atoms with Crippen LogP contribution < -0.4 is 5.32 Å². The van der Waals surface area contributed by atoms with E-state index in [0.717, 1.165) is 5.56 Å². The van der Waals surface area contributed by atoms with Gasteiger partial charge in [-0.25, -0.2) is 0 Å². The predicted octanol–water partition coefficient (Wildman–Crippen LogP) is -0.216. The minimum Gasteiger partial charge on any atom is -0.507 e. The molecule has 0 unspecified atom stereocenters. The normalized spacial score (nSPS) is 10.5. The van der Waals surface area contributed by atoms with Crippen molar-refractivity contribution in [2.75, 3.05) is 13.2 Å². The van der Waals surface area contributed by atoms with Crippen molar-refractivity contribution in [2.24, 2.45) is 0 Å². The molecule has 0 fully saturated rings. The van der Waals surface area contributed by atoms with E-state index in [4.69, 9.17) is 10.2 Å². The Morgan fingerprint density at radius 2 is 2.00 bits per heavy atom. The fourth-order valence-corrected chi connectivity index (χ4v) is 1.24. The Morgan fingerprint density at radius 3 is 2.56 bits per heavy atom. The summed E-state index contributed by atoms with van der Waals surface area (Å²) >= 11 is 0. The van der Waals surface area contributed by atoms with Crippen molar-refractivity contribution in [1.82, 2.24) is 5.32 Å². The molecule has 0 radical (unpaired) electrons. The Labute approximate surface area is 93.4 Å². The van der Waals surface area contributed by atoms with Crippen LogP contribution in [0.15, 0.2) is 18.2 Å². The van der Waals surface area contributed by atoms with Gasteiger partial charge in [-0.3, -0.25) is 4.79 Å². The van der Waals surface area contributed by atoms with Gasteiger partial charge in [0.25, 0.3) is 5.91 Å². The van der Waals surface area contributed by atoms with Gasteiger partial charge in [-0.05, 0) is 19.1 Å². The number of phenolic OH excluding ortho intramolecular Hbond substituents is 1. The highest BCUT2D eigenvalue weighted by Crippen LogP contribution is 2.17. The van der Waals surface area contributed by atoms with E-state index in [1.54, 1.807) is 13.0 Å². The Balaban J connectivity index is 2.83. The first-order chi connectivity index (χ1) is 7.58. The van der Waals surface area contributed by atoms with Crippen molar-refractivity contribution in [1.29, 1.82) is 0 Å². The third-order valence-electron chi connectivity index (χ3n) is 2.17. The minimum atomic E-state index is -0.715. The molecule has 0 saturated heterocycles. The Kier molecular flexibility index (Phi) is 4.28. The number of aliphatic hydroxyl groups is 2. The lowest BCUT2D eigenvalue weighted by molar-refractivity contribution is 0.0876. The lowest BCUT2D eigenvalue weighted by Crippen LogP contribution is -2.40. The van der Waals surface area contributed by atoms with E-state index in [2.05, 4.69) is 5.32 Å². The second kappa shape index (κ2) is 5.48. The zero-order valence-electron chi connectivity index (χ0n) is 8.97. The van der Waals surface area contributed by atoms with Gasteiger partial charge in [0.2, 0.25) is 0 Å². The summed E-state index contributed by atoms with van der Waals surface area (Å²) in [4.78, 5) is 11.7. The molecular formula is C11H15NO4. The maximum atomic E-state index is 11.7. The van der Waals surface area contributed by atoms with Crippen molar-refractivity contribution in [3.8, 4) is 5.75 Å². The number of nitrogens with one attached hydrogen (secondary N) is 1. The van der Waals surface area contributed by atoms with Crippen LogP contribution in [0.2, 0.25) is 0 Å². The first-order valence-corrected chi connectivity index (χ1v) is 4.90.